The van der Waals surface area contributed by atoms with Crippen molar-refractivity contribution in [3.05, 3.63) is 24.3 Å². The van der Waals surface area contributed by atoms with Crippen molar-refractivity contribution in [2.75, 3.05) is 31.3 Å². The molecule has 0 spiro atoms. The van der Waals surface area contributed by atoms with E-state index in [0.29, 0.717) is 13.0 Å². The smallest absolute Gasteiger partial charge is 0.385 e. The molecule has 0 heterocycles. The number of hydrogen-bond acceptors (Lipinski definition) is 3. The first kappa shape index (κ1) is 15.2. The molecular formula is C12H16F3NOS. The molecule has 0 bridgehead atoms. The van der Waals surface area contributed by atoms with Crippen LogP contribution in [0.2, 0.25) is 0 Å². The van der Waals surface area contributed by atoms with Crippen LogP contribution < -0.4 is 5.32 Å². The average Bonchev–Trinajstić information content (AvgIpc) is 2.33. The van der Waals surface area contributed by atoms with E-state index >= 15 is 0 Å². The maximum absolute atomic E-state index is 11.8. The largest absolute Gasteiger partial charge is 0.411 e. The van der Waals surface area contributed by atoms with Gasteiger partial charge in [-0.05, 0) is 36.9 Å². The molecule has 0 amide bonds. The molecule has 6 heteroatoms. The van der Waals surface area contributed by atoms with Crippen LogP contribution in [0.3, 0.4) is 0 Å². The molecule has 2 nitrogen and oxygen atoms in total. The van der Waals surface area contributed by atoms with Gasteiger partial charge < -0.3 is 10.1 Å². The normalized spacial score (nSPS) is 11.6. The second-order valence-electron chi connectivity index (χ2n) is 3.68. The molecule has 1 aromatic carbocycles. The molecule has 0 aliphatic heterocycles. The lowest BCUT2D eigenvalue weighted by Gasteiger charge is -2.09. The second kappa shape index (κ2) is 7.53. The molecule has 102 valence electrons. The molecule has 1 N–H and O–H groups in total. The highest BCUT2D eigenvalue weighted by atomic mass is 32.2. The SMILES string of the molecule is CSc1ccc(NCCCOCC(F)(F)F)cc1. The van der Waals surface area contributed by atoms with Gasteiger partial charge in [-0.1, -0.05) is 0 Å². The Morgan fingerprint density at radius 1 is 1.22 bits per heavy atom. The van der Waals surface area contributed by atoms with Gasteiger partial charge in [-0.15, -0.1) is 11.8 Å². The molecule has 0 fully saturated rings. The highest BCUT2D eigenvalue weighted by Gasteiger charge is 2.27. The monoisotopic (exact) mass is 279 g/mol. The summed E-state index contributed by atoms with van der Waals surface area (Å²) in [6, 6.07) is 7.88. The minimum atomic E-state index is -4.24. The molecule has 18 heavy (non-hydrogen) atoms. The van der Waals surface area contributed by atoms with Gasteiger partial charge in [0.25, 0.3) is 0 Å². The van der Waals surface area contributed by atoms with Crippen molar-refractivity contribution in [3.63, 3.8) is 0 Å². The van der Waals surface area contributed by atoms with Crippen molar-refractivity contribution < 1.29 is 17.9 Å². The van der Waals surface area contributed by atoms with Gasteiger partial charge in [0, 0.05) is 23.7 Å². The van der Waals surface area contributed by atoms with Crippen LogP contribution in [0.5, 0.6) is 0 Å². The van der Waals surface area contributed by atoms with E-state index < -0.39 is 12.8 Å². The molecule has 0 saturated heterocycles. The lowest BCUT2D eigenvalue weighted by atomic mass is 10.3. The Labute approximate surface area is 109 Å². The van der Waals surface area contributed by atoms with E-state index in [9.17, 15) is 13.2 Å². The molecule has 0 aliphatic carbocycles. The topological polar surface area (TPSA) is 21.3 Å². The number of ether oxygens (including phenoxy) is 1. The van der Waals surface area contributed by atoms with Crippen LogP contribution in [0.4, 0.5) is 18.9 Å². The van der Waals surface area contributed by atoms with E-state index in [1.165, 1.54) is 4.90 Å². The summed E-state index contributed by atoms with van der Waals surface area (Å²) in [5, 5.41) is 3.12. The Kier molecular flexibility index (Phi) is 6.35. The summed E-state index contributed by atoms with van der Waals surface area (Å²) < 4.78 is 39.8. The summed E-state index contributed by atoms with van der Waals surface area (Å²) in [6.07, 6.45) is -1.69. The van der Waals surface area contributed by atoms with Crippen LogP contribution in [-0.2, 0) is 4.74 Å². The molecule has 0 aliphatic rings. The van der Waals surface area contributed by atoms with Crippen LogP contribution in [0.15, 0.2) is 29.2 Å². The van der Waals surface area contributed by atoms with Gasteiger partial charge in [-0.25, -0.2) is 0 Å². The number of benzene rings is 1. The number of halogens is 3. The third-order valence-corrected chi connectivity index (χ3v) is 2.89. The Balaban J connectivity index is 2.10. The molecule has 0 radical (unpaired) electrons. The first-order valence-corrected chi connectivity index (χ1v) is 6.76. The number of rotatable bonds is 7. The van der Waals surface area contributed by atoms with Crippen LogP contribution in [-0.4, -0.2) is 32.2 Å². The summed E-state index contributed by atoms with van der Waals surface area (Å²) in [7, 11) is 0. The number of thioether (sulfide) groups is 1. The van der Waals surface area contributed by atoms with E-state index in [-0.39, 0.29) is 6.61 Å². The summed E-state index contributed by atoms with van der Waals surface area (Å²) in [5.74, 6) is 0. The fourth-order valence-electron chi connectivity index (χ4n) is 1.30. The zero-order chi connectivity index (χ0) is 13.4. The summed E-state index contributed by atoms with van der Waals surface area (Å²) in [5.41, 5.74) is 0.962. The molecular weight excluding hydrogens is 263 g/mol. The van der Waals surface area contributed by atoms with E-state index in [2.05, 4.69) is 10.1 Å². The van der Waals surface area contributed by atoms with E-state index in [1.807, 2.05) is 30.5 Å². The third kappa shape index (κ3) is 6.76. The molecule has 0 atom stereocenters. The van der Waals surface area contributed by atoms with Crippen molar-refractivity contribution in [1.29, 1.82) is 0 Å². The Bertz CT molecular complexity index is 340. The van der Waals surface area contributed by atoms with Gasteiger partial charge in [0.15, 0.2) is 0 Å². The van der Waals surface area contributed by atoms with Crippen LogP contribution in [0.1, 0.15) is 6.42 Å². The van der Waals surface area contributed by atoms with Gasteiger partial charge in [-0.3, -0.25) is 0 Å². The van der Waals surface area contributed by atoms with Crippen LogP contribution in [0, 0.1) is 0 Å². The minimum absolute atomic E-state index is 0.107. The highest BCUT2D eigenvalue weighted by molar-refractivity contribution is 7.98. The lowest BCUT2D eigenvalue weighted by Crippen LogP contribution is -2.18. The van der Waals surface area contributed by atoms with Crippen molar-refractivity contribution in [1.82, 2.24) is 0 Å². The van der Waals surface area contributed by atoms with E-state index in [1.54, 1.807) is 11.8 Å². The zero-order valence-corrected chi connectivity index (χ0v) is 10.9. The van der Waals surface area contributed by atoms with Crippen molar-refractivity contribution in [2.24, 2.45) is 0 Å². The first-order valence-electron chi connectivity index (χ1n) is 5.54. The fourth-order valence-corrected chi connectivity index (χ4v) is 1.71. The van der Waals surface area contributed by atoms with Crippen molar-refractivity contribution in [2.45, 2.75) is 17.5 Å². The van der Waals surface area contributed by atoms with Gasteiger partial charge >= 0.3 is 6.18 Å². The predicted molar refractivity (Wildman–Crippen MR) is 68.2 cm³/mol. The number of anilines is 1. The van der Waals surface area contributed by atoms with Crippen molar-refractivity contribution in [3.8, 4) is 0 Å². The summed E-state index contributed by atoms with van der Waals surface area (Å²) in [6.45, 7) is -0.471. The molecule has 0 saturated carbocycles. The predicted octanol–water partition coefficient (Wildman–Crippen LogP) is 3.79. The maximum atomic E-state index is 11.8. The second-order valence-corrected chi connectivity index (χ2v) is 4.56. The van der Waals surface area contributed by atoms with Crippen LogP contribution in [0.25, 0.3) is 0 Å². The van der Waals surface area contributed by atoms with E-state index in [4.69, 9.17) is 0 Å². The van der Waals surface area contributed by atoms with Crippen LogP contribution >= 0.6 is 11.8 Å². The molecule has 0 aromatic heterocycles. The Hall–Kier alpha value is -0.880. The zero-order valence-electron chi connectivity index (χ0n) is 10.1. The van der Waals surface area contributed by atoms with Crippen molar-refractivity contribution >= 4 is 17.4 Å². The van der Waals surface area contributed by atoms with Gasteiger partial charge in [-0.2, -0.15) is 13.2 Å². The lowest BCUT2D eigenvalue weighted by molar-refractivity contribution is -0.173. The average molecular weight is 279 g/mol. The quantitative estimate of drug-likeness (QED) is 0.606. The van der Waals surface area contributed by atoms with Gasteiger partial charge in [0.1, 0.15) is 6.61 Å². The third-order valence-electron chi connectivity index (χ3n) is 2.15. The minimum Gasteiger partial charge on any atom is -0.385 e. The first-order chi connectivity index (χ1) is 8.51. The summed E-state index contributed by atoms with van der Waals surface area (Å²) in [4.78, 5) is 1.18. The van der Waals surface area contributed by atoms with E-state index in [0.717, 1.165) is 5.69 Å². The molecule has 1 rings (SSSR count). The number of alkyl halides is 3. The molecule has 0 unspecified atom stereocenters. The number of nitrogens with one attached hydrogen (secondary N) is 1. The Morgan fingerprint density at radius 2 is 1.89 bits per heavy atom. The number of hydrogen-bond donors (Lipinski definition) is 1. The van der Waals surface area contributed by atoms with Gasteiger partial charge in [0.05, 0.1) is 0 Å². The summed E-state index contributed by atoms with van der Waals surface area (Å²) >= 11 is 1.66. The molecule has 1 aromatic rings. The van der Waals surface area contributed by atoms with Gasteiger partial charge in [0.2, 0.25) is 0 Å². The fraction of sp³-hybridized carbons (Fsp3) is 0.500. The maximum Gasteiger partial charge on any atom is 0.411 e. The standard InChI is InChI=1S/C12H16F3NOS/c1-18-11-5-3-10(4-6-11)16-7-2-8-17-9-12(13,14)15/h3-6,16H,2,7-9H2,1H3. The Morgan fingerprint density at radius 3 is 2.44 bits per heavy atom. The highest BCUT2D eigenvalue weighted by Crippen LogP contribution is 2.17.